The van der Waals surface area contributed by atoms with Gasteiger partial charge in [0.15, 0.2) is 0 Å². The van der Waals surface area contributed by atoms with Crippen molar-refractivity contribution in [2.24, 2.45) is 5.92 Å². The van der Waals surface area contributed by atoms with Gasteiger partial charge in [-0.25, -0.2) is 0 Å². The summed E-state index contributed by atoms with van der Waals surface area (Å²) in [7, 11) is 0. The van der Waals surface area contributed by atoms with Crippen molar-refractivity contribution in [3.05, 3.63) is 5.56 Å². The molecule has 2 fully saturated rings. The summed E-state index contributed by atoms with van der Waals surface area (Å²) in [6.45, 7) is 10.4. The van der Waals surface area contributed by atoms with Gasteiger partial charge in [-0.1, -0.05) is 13.8 Å². The third kappa shape index (κ3) is 2.87. The topological polar surface area (TPSA) is 45.4 Å². The van der Waals surface area contributed by atoms with Gasteiger partial charge in [-0.3, -0.25) is 4.90 Å². The first kappa shape index (κ1) is 13.2. The highest BCUT2D eigenvalue weighted by Crippen LogP contribution is 2.48. The molecule has 0 atom stereocenters. The normalized spacial score (nSPS) is 21.3. The highest BCUT2D eigenvalue weighted by Gasteiger charge is 2.33. The van der Waals surface area contributed by atoms with E-state index in [1.54, 1.807) is 11.5 Å². The largest absolute Gasteiger partial charge is 0.383 e. The summed E-state index contributed by atoms with van der Waals surface area (Å²) in [6, 6.07) is 0. The van der Waals surface area contributed by atoms with Crippen LogP contribution >= 0.6 is 11.5 Å². The average molecular weight is 280 g/mol. The number of nitrogens with zero attached hydrogens (tertiary/aromatic N) is 3. The molecule has 1 aliphatic heterocycles. The maximum absolute atomic E-state index is 6.04. The summed E-state index contributed by atoms with van der Waals surface area (Å²) in [4.78, 5) is 5.07. The average Bonchev–Trinajstić information content (AvgIpc) is 3.13. The molecule has 0 bridgehead atoms. The van der Waals surface area contributed by atoms with Gasteiger partial charge < -0.3 is 10.6 Å². The zero-order valence-corrected chi connectivity index (χ0v) is 12.7. The van der Waals surface area contributed by atoms with Crippen molar-refractivity contribution in [3.63, 3.8) is 0 Å². The van der Waals surface area contributed by atoms with Crippen LogP contribution in [0.2, 0.25) is 0 Å². The van der Waals surface area contributed by atoms with E-state index in [-0.39, 0.29) is 0 Å². The SMILES string of the molecule is CC(C)CN1CCN(c2snc(N)c2C2CC2)CC1. The van der Waals surface area contributed by atoms with E-state index in [9.17, 15) is 0 Å². The van der Waals surface area contributed by atoms with Crippen LogP contribution in [0.4, 0.5) is 10.8 Å². The standard InChI is InChI=1S/C14H24N4S/c1-10(2)9-17-5-7-18(8-6-17)14-12(11-3-4-11)13(15)16-19-14/h10-11H,3-9H2,1-2H3,(H2,15,16). The van der Waals surface area contributed by atoms with Crippen molar-refractivity contribution in [3.8, 4) is 0 Å². The zero-order valence-electron chi connectivity index (χ0n) is 11.9. The summed E-state index contributed by atoms with van der Waals surface area (Å²) in [6.07, 6.45) is 2.59. The molecule has 1 saturated heterocycles. The second-order valence-electron chi connectivity index (χ2n) is 6.24. The van der Waals surface area contributed by atoms with Crippen molar-refractivity contribution in [2.75, 3.05) is 43.4 Å². The van der Waals surface area contributed by atoms with Crippen LogP contribution in [0.3, 0.4) is 0 Å². The summed E-state index contributed by atoms with van der Waals surface area (Å²) < 4.78 is 4.38. The van der Waals surface area contributed by atoms with Crippen molar-refractivity contribution >= 4 is 22.4 Å². The number of aromatic nitrogens is 1. The lowest BCUT2D eigenvalue weighted by Crippen LogP contribution is -2.47. The lowest BCUT2D eigenvalue weighted by atomic mass is 10.1. The molecule has 2 N–H and O–H groups in total. The molecule has 0 spiro atoms. The quantitative estimate of drug-likeness (QED) is 0.920. The Balaban J connectivity index is 1.65. The third-order valence-electron chi connectivity index (χ3n) is 4.01. The van der Waals surface area contributed by atoms with Crippen LogP contribution in [0.5, 0.6) is 0 Å². The molecule has 1 aliphatic carbocycles. The van der Waals surface area contributed by atoms with E-state index in [2.05, 4.69) is 28.0 Å². The minimum Gasteiger partial charge on any atom is -0.383 e. The molecule has 4 nitrogen and oxygen atoms in total. The number of nitrogens with two attached hydrogens (primary N) is 1. The fourth-order valence-corrected chi connectivity index (χ4v) is 3.88. The number of piperazine rings is 1. The molecule has 1 aromatic heterocycles. The van der Waals surface area contributed by atoms with Crippen molar-refractivity contribution in [1.29, 1.82) is 0 Å². The van der Waals surface area contributed by atoms with E-state index >= 15 is 0 Å². The number of nitrogen functional groups attached to an aromatic ring is 1. The molecule has 2 heterocycles. The predicted molar refractivity (Wildman–Crippen MR) is 82.0 cm³/mol. The molecule has 3 rings (SSSR count). The number of hydrogen-bond acceptors (Lipinski definition) is 5. The monoisotopic (exact) mass is 280 g/mol. The van der Waals surface area contributed by atoms with Crippen LogP contribution in [-0.4, -0.2) is 42.0 Å². The van der Waals surface area contributed by atoms with E-state index < -0.39 is 0 Å². The lowest BCUT2D eigenvalue weighted by Gasteiger charge is -2.36. The lowest BCUT2D eigenvalue weighted by molar-refractivity contribution is 0.231. The number of rotatable bonds is 4. The van der Waals surface area contributed by atoms with Crippen LogP contribution in [0.1, 0.15) is 38.2 Å². The first-order chi connectivity index (χ1) is 9.15. The van der Waals surface area contributed by atoms with Crippen LogP contribution in [0.25, 0.3) is 0 Å². The molecule has 19 heavy (non-hydrogen) atoms. The molecule has 106 valence electrons. The van der Waals surface area contributed by atoms with E-state index in [0.717, 1.165) is 24.8 Å². The molecule has 1 saturated carbocycles. The van der Waals surface area contributed by atoms with Gasteiger partial charge in [0.25, 0.3) is 0 Å². The summed E-state index contributed by atoms with van der Waals surface area (Å²) in [5.74, 6) is 2.24. The van der Waals surface area contributed by atoms with Crippen molar-refractivity contribution in [1.82, 2.24) is 9.27 Å². The van der Waals surface area contributed by atoms with Gasteiger partial charge >= 0.3 is 0 Å². The Kier molecular flexibility index (Phi) is 3.67. The predicted octanol–water partition coefficient (Wildman–Crippen LogP) is 2.38. The highest BCUT2D eigenvalue weighted by molar-refractivity contribution is 7.10. The van der Waals surface area contributed by atoms with Gasteiger partial charge in [0, 0.05) is 38.3 Å². The molecular weight excluding hydrogens is 256 g/mol. The van der Waals surface area contributed by atoms with E-state index in [1.807, 2.05) is 0 Å². The van der Waals surface area contributed by atoms with E-state index in [4.69, 9.17) is 5.73 Å². The molecule has 1 aromatic rings. The Bertz CT molecular complexity index is 431. The maximum Gasteiger partial charge on any atom is 0.142 e. The van der Waals surface area contributed by atoms with Gasteiger partial charge in [-0.05, 0) is 36.2 Å². The summed E-state index contributed by atoms with van der Waals surface area (Å²) in [5, 5.41) is 1.35. The van der Waals surface area contributed by atoms with Gasteiger partial charge in [0.05, 0.1) is 0 Å². The molecule has 0 aromatic carbocycles. The molecule has 0 unspecified atom stereocenters. The molecule has 0 radical (unpaired) electrons. The van der Waals surface area contributed by atoms with Crippen LogP contribution < -0.4 is 10.6 Å². The third-order valence-corrected chi connectivity index (χ3v) is 4.94. The van der Waals surface area contributed by atoms with Gasteiger partial charge in [0.2, 0.25) is 0 Å². The number of hydrogen-bond donors (Lipinski definition) is 1. The Morgan fingerprint density at radius 1 is 1.26 bits per heavy atom. The molecular formula is C14H24N4S. The number of anilines is 2. The first-order valence-electron chi connectivity index (χ1n) is 7.37. The van der Waals surface area contributed by atoms with Gasteiger partial charge in [0.1, 0.15) is 10.8 Å². The Morgan fingerprint density at radius 2 is 1.95 bits per heavy atom. The Labute approximate surface area is 119 Å². The minimum absolute atomic E-state index is 0.697. The van der Waals surface area contributed by atoms with E-state index in [0.29, 0.717) is 5.92 Å². The minimum atomic E-state index is 0.697. The van der Waals surface area contributed by atoms with Crippen molar-refractivity contribution in [2.45, 2.75) is 32.6 Å². The molecule has 0 amide bonds. The maximum atomic E-state index is 6.04. The van der Waals surface area contributed by atoms with Gasteiger partial charge in [-0.15, -0.1) is 0 Å². The fraction of sp³-hybridized carbons (Fsp3) is 0.786. The fourth-order valence-electron chi connectivity index (χ4n) is 2.93. The second-order valence-corrected chi connectivity index (χ2v) is 6.99. The smallest absolute Gasteiger partial charge is 0.142 e. The van der Waals surface area contributed by atoms with Crippen LogP contribution in [0.15, 0.2) is 0 Å². The zero-order chi connectivity index (χ0) is 13.4. The van der Waals surface area contributed by atoms with Gasteiger partial charge in [-0.2, -0.15) is 4.37 Å². The second kappa shape index (κ2) is 5.29. The first-order valence-corrected chi connectivity index (χ1v) is 8.15. The molecule has 5 heteroatoms. The Morgan fingerprint density at radius 3 is 2.53 bits per heavy atom. The van der Waals surface area contributed by atoms with Crippen LogP contribution in [-0.2, 0) is 0 Å². The van der Waals surface area contributed by atoms with E-state index in [1.165, 1.54) is 43.0 Å². The van der Waals surface area contributed by atoms with Crippen molar-refractivity contribution < 1.29 is 0 Å². The summed E-state index contributed by atoms with van der Waals surface area (Å²) >= 11 is 1.60. The summed E-state index contributed by atoms with van der Waals surface area (Å²) in [5.41, 5.74) is 7.39. The van der Waals surface area contributed by atoms with Crippen LogP contribution in [0, 0.1) is 5.92 Å². The highest BCUT2D eigenvalue weighted by atomic mass is 32.1. The molecule has 2 aliphatic rings. The Hall–Kier alpha value is -0.810.